The molecule has 0 N–H and O–H groups in total. The highest BCUT2D eigenvalue weighted by Crippen LogP contribution is 2.24. The van der Waals surface area contributed by atoms with Gasteiger partial charge in [0, 0.05) is 50.2 Å². The number of rotatable bonds is 3. The quantitative estimate of drug-likeness (QED) is 0.695. The van der Waals surface area contributed by atoms with Crippen LogP contribution < -0.4 is 5.43 Å². The Kier molecular flexibility index (Phi) is 4.24. The first-order valence-corrected chi connectivity index (χ1v) is 9.74. The number of ether oxygens (including phenoxy) is 1. The van der Waals surface area contributed by atoms with Crippen LogP contribution in [0.25, 0.3) is 10.9 Å². The standard InChI is InChI=1S/C21H22N4O3/c26-20-17-5-1-4-15-6-10-23(19(15)17)14-18(20)21(27)24-8-3-11-28-16(12-24)13-25-9-2-7-22-25/h1-2,4-5,7,9,14,16H,3,6,8,10-13H2. The summed E-state index contributed by atoms with van der Waals surface area (Å²) in [4.78, 5) is 28.1. The van der Waals surface area contributed by atoms with E-state index in [-0.39, 0.29) is 23.0 Å². The number of hydrogen-bond acceptors (Lipinski definition) is 4. The van der Waals surface area contributed by atoms with Crippen molar-refractivity contribution in [3.63, 3.8) is 0 Å². The Labute approximate surface area is 162 Å². The molecule has 1 aromatic carbocycles. The number of carbonyl (C=O) groups is 1. The second-order valence-corrected chi connectivity index (χ2v) is 7.45. The van der Waals surface area contributed by atoms with Crippen molar-refractivity contribution < 1.29 is 9.53 Å². The lowest BCUT2D eigenvalue weighted by atomic mass is 10.1. The first-order valence-electron chi connectivity index (χ1n) is 9.74. The maximum absolute atomic E-state index is 13.3. The minimum atomic E-state index is -0.205. The fourth-order valence-electron chi connectivity index (χ4n) is 4.29. The molecule has 2 aliphatic heterocycles. The van der Waals surface area contributed by atoms with Gasteiger partial charge in [0.1, 0.15) is 5.56 Å². The zero-order valence-corrected chi connectivity index (χ0v) is 15.6. The molecule has 0 saturated carbocycles. The smallest absolute Gasteiger partial charge is 0.259 e. The van der Waals surface area contributed by atoms with E-state index in [0.717, 1.165) is 24.9 Å². The van der Waals surface area contributed by atoms with Crippen LogP contribution in [-0.2, 0) is 24.2 Å². The predicted molar refractivity (Wildman–Crippen MR) is 104 cm³/mol. The van der Waals surface area contributed by atoms with Crippen molar-refractivity contribution in [1.29, 1.82) is 0 Å². The highest BCUT2D eigenvalue weighted by Gasteiger charge is 2.27. The lowest BCUT2D eigenvalue weighted by Crippen LogP contribution is -2.40. The molecule has 4 heterocycles. The van der Waals surface area contributed by atoms with Crippen LogP contribution in [0.3, 0.4) is 0 Å². The lowest BCUT2D eigenvalue weighted by Gasteiger charge is -2.24. The normalized spacial score (nSPS) is 19.1. The molecule has 28 heavy (non-hydrogen) atoms. The van der Waals surface area contributed by atoms with E-state index in [4.69, 9.17) is 4.74 Å². The van der Waals surface area contributed by atoms with Gasteiger partial charge >= 0.3 is 0 Å². The number of aromatic nitrogens is 3. The Morgan fingerprint density at radius 1 is 1.25 bits per heavy atom. The molecule has 0 bridgehead atoms. The van der Waals surface area contributed by atoms with Crippen molar-refractivity contribution >= 4 is 16.8 Å². The van der Waals surface area contributed by atoms with Crippen molar-refractivity contribution in [2.45, 2.75) is 32.0 Å². The van der Waals surface area contributed by atoms with Gasteiger partial charge in [0.25, 0.3) is 5.91 Å². The second kappa shape index (κ2) is 6.91. The van der Waals surface area contributed by atoms with Gasteiger partial charge < -0.3 is 14.2 Å². The number of carbonyl (C=O) groups excluding carboxylic acids is 1. The summed E-state index contributed by atoms with van der Waals surface area (Å²) in [6, 6.07) is 7.65. The Morgan fingerprint density at radius 3 is 3.04 bits per heavy atom. The van der Waals surface area contributed by atoms with Gasteiger partial charge in [-0.15, -0.1) is 0 Å². The highest BCUT2D eigenvalue weighted by molar-refractivity contribution is 5.98. The summed E-state index contributed by atoms with van der Waals surface area (Å²) < 4.78 is 9.77. The van der Waals surface area contributed by atoms with E-state index in [0.29, 0.717) is 31.6 Å². The van der Waals surface area contributed by atoms with E-state index in [9.17, 15) is 9.59 Å². The fraction of sp³-hybridized carbons (Fsp3) is 0.381. The summed E-state index contributed by atoms with van der Waals surface area (Å²) in [5, 5.41) is 4.86. The third-order valence-corrected chi connectivity index (χ3v) is 5.62. The van der Waals surface area contributed by atoms with Crippen LogP contribution >= 0.6 is 0 Å². The Balaban J connectivity index is 1.46. The molecule has 1 fully saturated rings. The van der Waals surface area contributed by atoms with Crippen LogP contribution in [-0.4, -0.2) is 51.0 Å². The topological polar surface area (TPSA) is 69.4 Å². The summed E-state index contributed by atoms with van der Waals surface area (Å²) in [5.41, 5.74) is 2.23. The number of benzene rings is 1. The average Bonchev–Trinajstić information content (AvgIpc) is 3.30. The lowest BCUT2D eigenvalue weighted by molar-refractivity contribution is 0.0367. The summed E-state index contributed by atoms with van der Waals surface area (Å²) in [7, 11) is 0. The molecule has 1 amide bonds. The van der Waals surface area contributed by atoms with Crippen molar-refractivity contribution in [2.75, 3.05) is 19.7 Å². The van der Waals surface area contributed by atoms with Gasteiger partial charge in [-0.05, 0) is 30.5 Å². The fourth-order valence-corrected chi connectivity index (χ4v) is 4.29. The van der Waals surface area contributed by atoms with Gasteiger partial charge in [-0.3, -0.25) is 14.3 Å². The minimum absolute atomic E-state index is 0.142. The molecule has 2 aliphatic rings. The Morgan fingerprint density at radius 2 is 2.18 bits per heavy atom. The van der Waals surface area contributed by atoms with E-state index >= 15 is 0 Å². The van der Waals surface area contributed by atoms with E-state index in [2.05, 4.69) is 15.7 Å². The van der Waals surface area contributed by atoms with Gasteiger partial charge in [-0.1, -0.05) is 12.1 Å². The van der Waals surface area contributed by atoms with Crippen LogP contribution in [0, 0.1) is 0 Å². The molecule has 5 rings (SSSR count). The molecule has 2 aromatic heterocycles. The molecule has 0 aliphatic carbocycles. The molecule has 7 heteroatoms. The molecule has 7 nitrogen and oxygen atoms in total. The third-order valence-electron chi connectivity index (χ3n) is 5.62. The van der Waals surface area contributed by atoms with Crippen molar-refractivity contribution in [3.05, 3.63) is 64.2 Å². The van der Waals surface area contributed by atoms with Crippen molar-refractivity contribution in [1.82, 2.24) is 19.2 Å². The molecule has 1 atom stereocenters. The first-order chi connectivity index (χ1) is 13.7. The SMILES string of the molecule is O=C(c1cn2c3c(cccc3c1=O)CC2)N1CCCOC(Cn2cccn2)C1. The maximum atomic E-state index is 13.3. The van der Waals surface area contributed by atoms with E-state index in [1.807, 2.05) is 29.1 Å². The zero-order valence-electron chi connectivity index (χ0n) is 15.6. The molecular weight excluding hydrogens is 356 g/mol. The van der Waals surface area contributed by atoms with E-state index in [1.165, 1.54) is 5.56 Å². The Hall–Kier alpha value is -2.93. The molecule has 144 valence electrons. The molecule has 3 aromatic rings. The molecule has 0 spiro atoms. The van der Waals surface area contributed by atoms with Gasteiger partial charge in [-0.25, -0.2) is 0 Å². The van der Waals surface area contributed by atoms with Crippen LogP contribution in [0.5, 0.6) is 0 Å². The monoisotopic (exact) mass is 378 g/mol. The third kappa shape index (κ3) is 2.92. The van der Waals surface area contributed by atoms with Gasteiger partial charge in [0.15, 0.2) is 0 Å². The van der Waals surface area contributed by atoms with Gasteiger partial charge in [0.2, 0.25) is 5.43 Å². The summed E-state index contributed by atoms with van der Waals surface area (Å²) in [5.74, 6) is -0.205. The zero-order chi connectivity index (χ0) is 19.1. The highest BCUT2D eigenvalue weighted by atomic mass is 16.5. The minimum Gasteiger partial charge on any atom is -0.374 e. The Bertz CT molecular complexity index is 1090. The van der Waals surface area contributed by atoms with Crippen LogP contribution in [0.2, 0.25) is 0 Å². The number of pyridine rings is 1. The molecule has 1 unspecified atom stereocenters. The van der Waals surface area contributed by atoms with Gasteiger partial charge in [-0.2, -0.15) is 5.10 Å². The maximum Gasteiger partial charge on any atom is 0.259 e. The summed E-state index contributed by atoms with van der Waals surface area (Å²) in [6.07, 6.45) is 6.88. The number of aryl methyl sites for hydroxylation is 2. The van der Waals surface area contributed by atoms with Crippen molar-refractivity contribution in [2.24, 2.45) is 0 Å². The first kappa shape index (κ1) is 17.2. The largest absolute Gasteiger partial charge is 0.374 e. The second-order valence-electron chi connectivity index (χ2n) is 7.45. The van der Waals surface area contributed by atoms with Crippen molar-refractivity contribution in [3.8, 4) is 0 Å². The van der Waals surface area contributed by atoms with Crippen LogP contribution in [0.15, 0.2) is 47.7 Å². The summed E-state index contributed by atoms with van der Waals surface area (Å²) in [6.45, 7) is 3.03. The number of amides is 1. The van der Waals surface area contributed by atoms with Crippen LogP contribution in [0.4, 0.5) is 0 Å². The van der Waals surface area contributed by atoms with E-state index < -0.39 is 0 Å². The number of hydrogen-bond donors (Lipinski definition) is 0. The number of para-hydroxylation sites is 1. The summed E-state index contributed by atoms with van der Waals surface area (Å²) >= 11 is 0. The van der Waals surface area contributed by atoms with Crippen LogP contribution in [0.1, 0.15) is 22.3 Å². The van der Waals surface area contributed by atoms with E-state index in [1.54, 1.807) is 17.3 Å². The number of nitrogens with zero attached hydrogens (tertiary/aromatic N) is 4. The van der Waals surface area contributed by atoms with Gasteiger partial charge in [0.05, 0.1) is 18.2 Å². The molecule has 1 saturated heterocycles. The predicted octanol–water partition coefficient (Wildman–Crippen LogP) is 1.69. The average molecular weight is 378 g/mol. The molecule has 0 radical (unpaired) electrons. The molecular formula is C21H22N4O3.